The molecule has 59 heavy (non-hydrogen) atoms. The fourth-order valence-corrected chi connectivity index (χ4v) is 8.32. The number of fused-ring (bicyclic) bond motifs is 1. The lowest BCUT2D eigenvalue weighted by molar-refractivity contribution is 1.28. The molecule has 0 aliphatic rings. The lowest BCUT2D eigenvalue weighted by Gasteiger charge is -2.28. The third-order valence-electron chi connectivity index (χ3n) is 11.3. The third-order valence-corrected chi connectivity index (χ3v) is 11.3. The molecular weight excluding hydrogens is 711 g/mol. The number of anilines is 3. The molecule has 0 fully saturated rings. The summed E-state index contributed by atoms with van der Waals surface area (Å²) in [6, 6.07) is 89.9. The van der Waals surface area contributed by atoms with Crippen LogP contribution in [0.2, 0.25) is 0 Å². The summed E-state index contributed by atoms with van der Waals surface area (Å²) in [7, 11) is 0. The smallest absolute Gasteiger partial charge is 0.0540 e. The van der Waals surface area contributed by atoms with Gasteiger partial charge in [-0.1, -0.05) is 200 Å². The Morgan fingerprint density at radius 3 is 1.29 bits per heavy atom. The lowest BCUT2D eigenvalue weighted by Crippen LogP contribution is -2.11. The van der Waals surface area contributed by atoms with Gasteiger partial charge in [0.15, 0.2) is 0 Å². The van der Waals surface area contributed by atoms with Gasteiger partial charge in [0.2, 0.25) is 0 Å². The summed E-state index contributed by atoms with van der Waals surface area (Å²) in [5.74, 6) is 0. The van der Waals surface area contributed by atoms with Gasteiger partial charge in [0.25, 0.3) is 0 Å². The number of hydrogen-bond acceptors (Lipinski definition) is 1. The summed E-state index contributed by atoms with van der Waals surface area (Å²) < 4.78 is 0. The molecule has 0 atom stereocenters. The Kier molecular flexibility index (Phi) is 9.68. The van der Waals surface area contributed by atoms with Crippen molar-refractivity contribution in [2.24, 2.45) is 0 Å². The topological polar surface area (TPSA) is 3.24 Å². The summed E-state index contributed by atoms with van der Waals surface area (Å²) in [5.41, 5.74) is 17.6. The van der Waals surface area contributed by atoms with Gasteiger partial charge in [-0.15, -0.1) is 0 Å². The van der Waals surface area contributed by atoms with Crippen molar-refractivity contribution in [3.8, 4) is 66.8 Å². The van der Waals surface area contributed by atoms with Gasteiger partial charge < -0.3 is 4.90 Å². The van der Waals surface area contributed by atoms with Crippen molar-refractivity contribution in [1.82, 2.24) is 0 Å². The zero-order valence-corrected chi connectivity index (χ0v) is 32.6. The van der Waals surface area contributed by atoms with Crippen LogP contribution in [0.15, 0.2) is 249 Å². The summed E-state index contributed by atoms with van der Waals surface area (Å²) in [4.78, 5) is 2.41. The van der Waals surface area contributed by atoms with Crippen LogP contribution in [-0.2, 0) is 0 Å². The third kappa shape index (κ3) is 7.34. The first kappa shape index (κ1) is 35.7. The maximum Gasteiger partial charge on any atom is 0.0540 e. The standard InChI is InChI=1S/C58H41N/c1-3-16-42(17-4-1)46-22-11-24-48(38-46)44-34-36-53(37-35-44)59(54-29-14-26-50(41-54)49-25-12-23-47(39-49)43-18-5-2-6-19-43)58-33-10-9-31-57(58)52-28-13-27-51(40-52)56-32-15-21-45-20-7-8-30-55(45)56/h1-41H. The maximum atomic E-state index is 2.41. The molecule has 0 unspecified atom stereocenters. The SMILES string of the molecule is c1ccc(-c2cccc(-c3ccc(N(c4cccc(-c5cccc(-c6ccccc6)c5)c4)c4ccccc4-c4cccc(-c5cccc6ccccc56)c4)cc3)c2)cc1. The maximum absolute atomic E-state index is 2.41. The van der Waals surface area contributed by atoms with E-state index in [4.69, 9.17) is 0 Å². The van der Waals surface area contributed by atoms with E-state index < -0.39 is 0 Å². The van der Waals surface area contributed by atoms with E-state index >= 15 is 0 Å². The molecule has 0 aliphatic heterocycles. The van der Waals surface area contributed by atoms with E-state index in [0.29, 0.717) is 0 Å². The molecule has 278 valence electrons. The normalized spacial score (nSPS) is 11.1. The van der Waals surface area contributed by atoms with Gasteiger partial charge in [0.05, 0.1) is 5.69 Å². The average molecular weight is 752 g/mol. The molecule has 10 aromatic rings. The molecule has 0 amide bonds. The highest BCUT2D eigenvalue weighted by atomic mass is 15.1. The van der Waals surface area contributed by atoms with Gasteiger partial charge in [-0.3, -0.25) is 0 Å². The molecule has 10 aromatic carbocycles. The fraction of sp³-hybridized carbons (Fsp3) is 0. The second kappa shape index (κ2) is 16.0. The molecule has 1 nitrogen and oxygen atoms in total. The molecule has 0 N–H and O–H groups in total. The van der Waals surface area contributed by atoms with Gasteiger partial charge in [-0.05, 0) is 121 Å². The van der Waals surface area contributed by atoms with Crippen molar-refractivity contribution < 1.29 is 0 Å². The van der Waals surface area contributed by atoms with Crippen LogP contribution < -0.4 is 4.90 Å². The van der Waals surface area contributed by atoms with Crippen LogP contribution >= 0.6 is 0 Å². The Morgan fingerprint density at radius 2 is 0.627 bits per heavy atom. The predicted octanol–water partition coefficient (Wildman–Crippen LogP) is 16.3. The summed E-state index contributed by atoms with van der Waals surface area (Å²) in [5, 5.41) is 2.50. The first-order valence-electron chi connectivity index (χ1n) is 20.2. The zero-order valence-electron chi connectivity index (χ0n) is 32.6. The number of para-hydroxylation sites is 1. The fourth-order valence-electron chi connectivity index (χ4n) is 8.32. The molecule has 0 saturated carbocycles. The number of rotatable bonds is 9. The second-order valence-electron chi connectivity index (χ2n) is 15.0. The van der Waals surface area contributed by atoms with Crippen LogP contribution in [0.3, 0.4) is 0 Å². The van der Waals surface area contributed by atoms with Crippen LogP contribution in [0.1, 0.15) is 0 Å². The minimum atomic E-state index is 1.08. The van der Waals surface area contributed by atoms with Gasteiger partial charge in [0.1, 0.15) is 0 Å². The molecule has 1 heteroatoms. The molecule has 0 spiro atoms. The van der Waals surface area contributed by atoms with Crippen molar-refractivity contribution >= 4 is 27.8 Å². The monoisotopic (exact) mass is 751 g/mol. The van der Waals surface area contributed by atoms with Gasteiger partial charge in [-0.2, -0.15) is 0 Å². The summed E-state index contributed by atoms with van der Waals surface area (Å²) in [6.07, 6.45) is 0. The van der Waals surface area contributed by atoms with E-state index in [1.54, 1.807) is 0 Å². The van der Waals surface area contributed by atoms with Crippen LogP contribution in [-0.4, -0.2) is 0 Å². The first-order valence-corrected chi connectivity index (χ1v) is 20.2. The molecular formula is C58H41N. The van der Waals surface area contributed by atoms with E-state index in [1.165, 1.54) is 60.8 Å². The highest BCUT2D eigenvalue weighted by Gasteiger charge is 2.19. The van der Waals surface area contributed by atoms with E-state index in [2.05, 4.69) is 254 Å². The van der Waals surface area contributed by atoms with Crippen LogP contribution in [0, 0.1) is 0 Å². The Balaban J connectivity index is 1.09. The van der Waals surface area contributed by atoms with E-state index in [1.807, 2.05) is 0 Å². The molecule has 10 rings (SSSR count). The summed E-state index contributed by atoms with van der Waals surface area (Å²) >= 11 is 0. The van der Waals surface area contributed by atoms with E-state index in [0.717, 1.165) is 33.8 Å². The molecule has 0 radical (unpaired) electrons. The van der Waals surface area contributed by atoms with Gasteiger partial charge >= 0.3 is 0 Å². The Morgan fingerprint density at radius 1 is 0.220 bits per heavy atom. The van der Waals surface area contributed by atoms with E-state index in [-0.39, 0.29) is 0 Å². The highest BCUT2D eigenvalue weighted by Crippen LogP contribution is 2.43. The largest absolute Gasteiger partial charge is 0.310 e. The van der Waals surface area contributed by atoms with Crippen molar-refractivity contribution in [3.63, 3.8) is 0 Å². The minimum Gasteiger partial charge on any atom is -0.310 e. The van der Waals surface area contributed by atoms with Gasteiger partial charge in [-0.25, -0.2) is 0 Å². The lowest BCUT2D eigenvalue weighted by atomic mass is 9.94. The van der Waals surface area contributed by atoms with Gasteiger partial charge in [0, 0.05) is 16.9 Å². The molecule has 0 aliphatic carbocycles. The quantitative estimate of drug-likeness (QED) is 0.142. The molecule has 0 aromatic heterocycles. The zero-order chi connectivity index (χ0) is 39.4. The van der Waals surface area contributed by atoms with Crippen LogP contribution in [0.25, 0.3) is 77.5 Å². The highest BCUT2D eigenvalue weighted by molar-refractivity contribution is 5.98. The van der Waals surface area contributed by atoms with Crippen molar-refractivity contribution in [1.29, 1.82) is 0 Å². The number of benzene rings is 10. The molecule has 0 bridgehead atoms. The molecule has 0 heterocycles. The van der Waals surface area contributed by atoms with E-state index in [9.17, 15) is 0 Å². The van der Waals surface area contributed by atoms with Crippen LogP contribution in [0.4, 0.5) is 17.1 Å². The molecule has 0 saturated heterocycles. The second-order valence-corrected chi connectivity index (χ2v) is 15.0. The Bertz CT molecular complexity index is 3030. The van der Waals surface area contributed by atoms with Crippen molar-refractivity contribution in [3.05, 3.63) is 249 Å². The van der Waals surface area contributed by atoms with Crippen molar-refractivity contribution in [2.75, 3.05) is 4.90 Å². The van der Waals surface area contributed by atoms with Crippen molar-refractivity contribution in [2.45, 2.75) is 0 Å². The predicted molar refractivity (Wildman–Crippen MR) is 251 cm³/mol. The summed E-state index contributed by atoms with van der Waals surface area (Å²) in [6.45, 7) is 0. The average Bonchev–Trinajstić information content (AvgIpc) is 3.33. The Hall–Kier alpha value is -7.74. The first-order chi connectivity index (χ1) is 29.2. The minimum absolute atomic E-state index is 1.08. The number of nitrogens with zero attached hydrogens (tertiary/aromatic N) is 1. The number of hydrogen-bond donors (Lipinski definition) is 0. The Labute approximate surface area is 346 Å². The van der Waals surface area contributed by atoms with Crippen LogP contribution in [0.5, 0.6) is 0 Å².